The van der Waals surface area contributed by atoms with Crippen LogP contribution in [0.2, 0.25) is 0 Å². The molecule has 1 atom stereocenters. The number of para-hydroxylation sites is 1. The molecule has 7 nitrogen and oxygen atoms in total. The lowest BCUT2D eigenvalue weighted by Crippen LogP contribution is -2.31. The molecule has 3 aromatic rings. The molecule has 0 radical (unpaired) electrons. The normalized spacial score (nSPS) is 14.8. The summed E-state index contributed by atoms with van der Waals surface area (Å²) in [6, 6.07) is 21.0. The highest BCUT2D eigenvalue weighted by Crippen LogP contribution is 2.42. The first-order chi connectivity index (χ1) is 19.4. The summed E-state index contributed by atoms with van der Waals surface area (Å²) >= 11 is 2.73. The number of allylic oxidation sites excluding steroid dienone is 2. The number of nitrogens with zero attached hydrogens (tertiary/aromatic N) is 1. The van der Waals surface area contributed by atoms with E-state index in [1.165, 1.54) is 23.1 Å². The maximum absolute atomic E-state index is 13.6. The number of hydrogen-bond acceptors (Lipinski definition) is 7. The summed E-state index contributed by atoms with van der Waals surface area (Å²) in [5, 5.41) is 21.9. The molecule has 40 heavy (non-hydrogen) atoms. The highest BCUT2D eigenvalue weighted by Gasteiger charge is 2.35. The molecule has 2 aromatic carbocycles. The van der Waals surface area contributed by atoms with Crippen LogP contribution < -0.4 is 20.7 Å². The fourth-order valence-corrected chi connectivity index (χ4v) is 6.04. The molecular formula is C31H32N4O3S2. The summed E-state index contributed by atoms with van der Waals surface area (Å²) in [6.07, 6.45) is 2.01. The molecule has 4 rings (SSSR count). The highest BCUT2D eigenvalue weighted by atomic mass is 32.2. The van der Waals surface area contributed by atoms with Gasteiger partial charge in [0.15, 0.2) is 0 Å². The molecule has 0 aliphatic carbocycles. The Morgan fingerprint density at radius 3 is 2.65 bits per heavy atom. The molecule has 0 saturated carbocycles. The van der Waals surface area contributed by atoms with Crippen LogP contribution in [-0.4, -0.2) is 24.2 Å². The van der Waals surface area contributed by atoms with Crippen molar-refractivity contribution in [1.29, 1.82) is 5.26 Å². The van der Waals surface area contributed by atoms with Crippen LogP contribution in [0.25, 0.3) is 0 Å². The number of nitriles is 1. The number of benzene rings is 2. The summed E-state index contributed by atoms with van der Waals surface area (Å²) in [6.45, 7) is 6.49. The van der Waals surface area contributed by atoms with E-state index in [2.05, 4.69) is 28.9 Å². The van der Waals surface area contributed by atoms with Crippen molar-refractivity contribution < 1.29 is 14.3 Å². The van der Waals surface area contributed by atoms with Crippen LogP contribution in [0.15, 0.2) is 87.9 Å². The van der Waals surface area contributed by atoms with E-state index in [0.29, 0.717) is 39.9 Å². The van der Waals surface area contributed by atoms with Gasteiger partial charge in [-0.15, -0.1) is 11.3 Å². The van der Waals surface area contributed by atoms with Crippen molar-refractivity contribution in [2.45, 2.75) is 39.5 Å². The molecule has 1 aliphatic heterocycles. The van der Waals surface area contributed by atoms with Gasteiger partial charge in [-0.25, -0.2) is 0 Å². The van der Waals surface area contributed by atoms with Crippen molar-refractivity contribution in [2.24, 2.45) is 0 Å². The van der Waals surface area contributed by atoms with E-state index in [1.54, 1.807) is 6.07 Å². The highest BCUT2D eigenvalue weighted by molar-refractivity contribution is 8.03. The largest absolute Gasteiger partial charge is 0.494 e. The zero-order chi connectivity index (χ0) is 28.5. The standard InChI is InChI=1S/C31H32N4O3S2/c1-4-5-15-38-23-12-8-11-22(17-23)34-27(36)19-40-31-24(18-32)29(26-14-9-16-39-26)28(21(3)33-31)30(37)35-25-13-7-6-10-20(25)2/h6-14,16-17,29,33H,4-5,15,19H2,1-3H3,(H,34,36)(H,35,37)/t29-/m1/s1. The smallest absolute Gasteiger partial charge is 0.254 e. The average molecular weight is 573 g/mol. The first-order valence-corrected chi connectivity index (χ1v) is 15.0. The van der Waals surface area contributed by atoms with E-state index < -0.39 is 5.92 Å². The molecule has 206 valence electrons. The number of carbonyl (C=O) groups is 2. The summed E-state index contributed by atoms with van der Waals surface area (Å²) in [5.41, 5.74) is 3.85. The van der Waals surface area contributed by atoms with Crippen molar-refractivity contribution in [3.63, 3.8) is 0 Å². The minimum atomic E-state index is -0.544. The predicted octanol–water partition coefficient (Wildman–Crippen LogP) is 6.94. The Bertz CT molecular complexity index is 1470. The quantitative estimate of drug-likeness (QED) is 0.215. The van der Waals surface area contributed by atoms with Gasteiger partial charge >= 0.3 is 0 Å². The number of amides is 2. The Morgan fingerprint density at radius 1 is 1.10 bits per heavy atom. The number of anilines is 2. The topological polar surface area (TPSA) is 103 Å². The molecule has 2 heterocycles. The third-order valence-corrected chi connectivity index (χ3v) is 8.30. The van der Waals surface area contributed by atoms with Gasteiger partial charge in [-0.1, -0.05) is 55.4 Å². The molecule has 0 saturated heterocycles. The monoisotopic (exact) mass is 572 g/mol. The lowest BCUT2D eigenvalue weighted by atomic mass is 9.86. The number of unbranched alkanes of at least 4 members (excludes halogenated alkanes) is 1. The Kier molecular flexibility index (Phi) is 10.1. The maximum atomic E-state index is 13.6. The van der Waals surface area contributed by atoms with Gasteiger partial charge in [0.25, 0.3) is 5.91 Å². The Labute approximate surface area is 243 Å². The number of ether oxygens (including phenoxy) is 1. The Balaban J connectivity index is 1.51. The van der Waals surface area contributed by atoms with Crippen molar-refractivity contribution in [3.05, 3.63) is 98.4 Å². The van der Waals surface area contributed by atoms with E-state index in [0.717, 1.165) is 29.0 Å². The molecule has 0 bridgehead atoms. The van der Waals surface area contributed by atoms with Crippen LogP contribution >= 0.6 is 23.1 Å². The Morgan fingerprint density at radius 2 is 1.93 bits per heavy atom. The van der Waals surface area contributed by atoms with Gasteiger partial charge in [-0.05, 0) is 55.5 Å². The van der Waals surface area contributed by atoms with Gasteiger partial charge in [-0.3, -0.25) is 9.59 Å². The summed E-state index contributed by atoms with van der Waals surface area (Å²) in [4.78, 5) is 27.3. The second-order valence-corrected chi connectivity index (χ2v) is 11.3. The molecular weight excluding hydrogens is 541 g/mol. The fourth-order valence-electron chi connectivity index (χ4n) is 4.30. The molecule has 0 unspecified atom stereocenters. The van der Waals surface area contributed by atoms with Crippen molar-refractivity contribution in [1.82, 2.24) is 5.32 Å². The predicted molar refractivity (Wildman–Crippen MR) is 163 cm³/mol. The van der Waals surface area contributed by atoms with Gasteiger partial charge in [0.1, 0.15) is 5.75 Å². The van der Waals surface area contributed by atoms with E-state index in [-0.39, 0.29) is 17.6 Å². The third-order valence-electron chi connectivity index (χ3n) is 6.35. The number of dihydropyridines is 1. The van der Waals surface area contributed by atoms with Crippen LogP contribution in [0.4, 0.5) is 11.4 Å². The van der Waals surface area contributed by atoms with Gasteiger partial charge in [0.05, 0.1) is 34.9 Å². The number of rotatable bonds is 11. The van der Waals surface area contributed by atoms with Crippen molar-refractivity contribution >= 4 is 46.3 Å². The zero-order valence-corrected chi connectivity index (χ0v) is 24.4. The second kappa shape index (κ2) is 13.9. The molecule has 1 aromatic heterocycles. The first kappa shape index (κ1) is 29.0. The summed E-state index contributed by atoms with van der Waals surface area (Å²) < 4.78 is 5.74. The third kappa shape index (κ3) is 7.14. The summed E-state index contributed by atoms with van der Waals surface area (Å²) in [5.74, 6) is -0.229. The van der Waals surface area contributed by atoms with Gasteiger partial charge in [0.2, 0.25) is 5.91 Å². The number of thiophene rings is 1. The van der Waals surface area contributed by atoms with E-state index in [9.17, 15) is 14.9 Å². The molecule has 9 heteroatoms. The second-order valence-electron chi connectivity index (χ2n) is 9.30. The fraction of sp³-hybridized carbons (Fsp3) is 0.258. The molecule has 2 amide bonds. The molecule has 0 fully saturated rings. The van der Waals surface area contributed by atoms with E-state index in [1.807, 2.05) is 73.8 Å². The average Bonchev–Trinajstić information content (AvgIpc) is 3.48. The zero-order valence-electron chi connectivity index (χ0n) is 22.7. The number of hydrogen-bond donors (Lipinski definition) is 3. The number of carbonyl (C=O) groups excluding carboxylic acids is 2. The minimum Gasteiger partial charge on any atom is -0.494 e. The Hall–Kier alpha value is -4.00. The molecule has 0 spiro atoms. The number of nitrogens with one attached hydrogen (secondary N) is 3. The van der Waals surface area contributed by atoms with Crippen LogP contribution in [0.5, 0.6) is 5.75 Å². The van der Waals surface area contributed by atoms with E-state index >= 15 is 0 Å². The van der Waals surface area contributed by atoms with Gasteiger partial charge in [-0.2, -0.15) is 5.26 Å². The van der Waals surface area contributed by atoms with Crippen LogP contribution in [0.3, 0.4) is 0 Å². The van der Waals surface area contributed by atoms with Gasteiger partial charge in [0, 0.05) is 33.6 Å². The number of thioether (sulfide) groups is 1. The van der Waals surface area contributed by atoms with Crippen LogP contribution in [0, 0.1) is 18.3 Å². The molecule has 1 aliphatic rings. The lowest BCUT2D eigenvalue weighted by Gasteiger charge is -2.29. The SMILES string of the molecule is CCCCOc1cccc(NC(=O)CSC2=C(C#N)[C@H](c3cccs3)C(C(=O)Nc3ccccc3C)=C(C)N2)c1. The van der Waals surface area contributed by atoms with Gasteiger partial charge < -0.3 is 20.7 Å². The summed E-state index contributed by atoms with van der Waals surface area (Å²) in [7, 11) is 0. The van der Waals surface area contributed by atoms with Crippen LogP contribution in [-0.2, 0) is 9.59 Å². The first-order valence-electron chi connectivity index (χ1n) is 13.1. The maximum Gasteiger partial charge on any atom is 0.254 e. The van der Waals surface area contributed by atoms with E-state index in [4.69, 9.17) is 4.74 Å². The lowest BCUT2D eigenvalue weighted by molar-refractivity contribution is -0.114. The minimum absolute atomic E-state index is 0.0869. The van der Waals surface area contributed by atoms with Crippen molar-refractivity contribution in [2.75, 3.05) is 23.0 Å². The van der Waals surface area contributed by atoms with Crippen molar-refractivity contribution in [3.8, 4) is 11.8 Å². The van der Waals surface area contributed by atoms with Crippen LogP contribution in [0.1, 0.15) is 43.0 Å². The molecule has 3 N–H and O–H groups in total. The number of aryl methyl sites for hydroxylation is 1.